The van der Waals surface area contributed by atoms with Gasteiger partial charge >= 0.3 is 0 Å². The minimum absolute atomic E-state index is 0.118. The lowest BCUT2D eigenvalue weighted by atomic mass is 10.0. The third-order valence-corrected chi connectivity index (χ3v) is 2.13. The normalized spacial score (nSPS) is 14.4. The van der Waals surface area contributed by atoms with Crippen molar-refractivity contribution in [2.24, 2.45) is 5.73 Å². The van der Waals surface area contributed by atoms with Crippen LogP contribution in [0.5, 0.6) is 0 Å². The first kappa shape index (κ1) is 12.4. The van der Waals surface area contributed by atoms with Crippen LogP contribution in [0.2, 0.25) is 0 Å². The molecule has 2 atom stereocenters. The summed E-state index contributed by atoms with van der Waals surface area (Å²) in [5.41, 5.74) is 10.7. The van der Waals surface area contributed by atoms with Gasteiger partial charge in [0.2, 0.25) is 5.91 Å². The van der Waals surface area contributed by atoms with E-state index >= 15 is 0 Å². The Balaban J connectivity index is 3.00. The molecule has 1 rings (SSSR count). The number of rotatable bonds is 4. The van der Waals surface area contributed by atoms with E-state index < -0.39 is 18.1 Å². The van der Waals surface area contributed by atoms with Gasteiger partial charge in [-0.2, -0.15) is 0 Å². The van der Waals surface area contributed by atoms with Crippen LogP contribution in [0.3, 0.4) is 0 Å². The minimum Gasteiger partial charge on any atom is -0.392 e. The molecule has 0 fully saturated rings. The van der Waals surface area contributed by atoms with Gasteiger partial charge in [-0.05, 0) is 6.07 Å². The number of carbonyl (C=O) groups is 1. The molecule has 1 amide bonds. The summed E-state index contributed by atoms with van der Waals surface area (Å²) in [5, 5.41) is 27.7. The average Bonchev–Trinajstić information content (AvgIpc) is 2.27. The molecule has 2 unspecified atom stereocenters. The summed E-state index contributed by atoms with van der Waals surface area (Å²) in [7, 11) is 0. The fourth-order valence-corrected chi connectivity index (χ4v) is 1.17. The number of aliphatic hydroxyl groups is 3. The standard InChI is InChI=1S/C9H13N3O4/c10-8-5(3-13)1-4(2-12-8)6(14)7(15)9(11)16/h1-2,6-7,13-15H,3H2,(H2,10,12)(H2,11,16). The van der Waals surface area contributed by atoms with E-state index in [0.717, 1.165) is 0 Å². The monoisotopic (exact) mass is 227 g/mol. The van der Waals surface area contributed by atoms with Crippen molar-refractivity contribution in [1.29, 1.82) is 0 Å². The van der Waals surface area contributed by atoms with E-state index in [1.54, 1.807) is 0 Å². The number of nitrogens with zero attached hydrogens (tertiary/aromatic N) is 1. The van der Waals surface area contributed by atoms with Crippen molar-refractivity contribution < 1.29 is 20.1 Å². The number of pyridine rings is 1. The fraction of sp³-hybridized carbons (Fsp3) is 0.333. The average molecular weight is 227 g/mol. The SMILES string of the molecule is NC(=O)C(O)C(O)c1cnc(N)c(CO)c1. The van der Waals surface area contributed by atoms with Crippen LogP contribution in [0.1, 0.15) is 17.2 Å². The minimum atomic E-state index is -1.73. The summed E-state index contributed by atoms with van der Waals surface area (Å²) in [5.74, 6) is -0.929. The summed E-state index contributed by atoms with van der Waals surface area (Å²) < 4.78 is 0. The second-order valence-electron chi connectivity index (χ2n) is 3.26. The molecule has 0 saturated carbocycles. The molecule has 0 radical (unpaired) electrons. The van der Waals surface area contributed by atoms with Crippen molar-refractivity contribution in [3.63, 3.8) is 0 Å². The van der Waals surface area contributed by atoms with Crippen LogP contribution in [0.4, 0.5) is 5.82 Å². The van der Waals surface area contributed by atoms with Crippen LogP contribution in [0.15, 0.2) is 12.3 Å². The predicted octanol–water partition coefficient (Wildman–Crippen LogP) is -1.96. The lowest BCUT2D eigenvalue weighted by Gasteiger charge is -2.15. The van der Waals surface area contributed by atoms with Gasteiger partial charge in [0.25, 0.3) is 0 Å². The number of amides is 1. The summed E-state index contributed by atoms with van der Waals surface area (Å²) >= 11 is 0. The van der Waals surface area contributed by atoms with Gasteiger partial charge in [0.15, 0.2) is 6.10 Å². The molecule has 0 saturated heterocycles. The van der Waals surface area contributed by atoms with Crippen LogP contribution in [-0.2, 0) is 11.4 Å². The maximum Gasteiger partial charge on any atom is 0.249 e. The lowest BCUT2D eigenvalue weighted by Crippen LogP contribution is -2.34. The fourth-order valence-electron chi connectivity index (χ4n) is 1.17. The van der Waals surface area contributed by atoms with E-state index in [2.05, 4.69) is 4.98 Å². The van der Waals surface area contributed by atoms with Crippen LogP contribution < -0.4 is 11.5 Å². The van der Waals surface area contributed by atoms with Gasteiger partial charge in [0.05, 0.1) is 6.61 Å². The van der Waals surface area contributed by atoms with Crippen molar-refractivity contribution in [3.8, 4) is 0 Å². The summed E-state index contributed by atoms with van der Waals surface area (Å²) in [6.45, 7) is -0.355. The largest absolute Gasteiger partial charge is 0.392 e. The zero-order valence-electron chi connectivity index (χ0n) is 8.37. The number of anilines is 1. The Hall–Kier alpha value is -1.70. The Morgan fingerprint density at radius 1 is 1.50 bits per heavy atom. The molecule has 7 nitrogen and oxygen atoms in total. The molecule has 16 heavy (non-hydrogen) atoms. The molecule has 1 aromatic rings. The number of hydrogen-bond acceptors (Lipinski definition) is 6. The molecule has 1 heterocycles. The Bertz CT molecular complexity index is 396. The van der Waals surface area contributed by atoms with Gasteiger partial charge in [0, 0.05) is 17.3 Å². The Labute approximate surface area is 91.3 Å². The first-order valence-electron chi connectivity index (χ1n) is 4.48. The first-order chi connectivity index (χ1) is 7.47. The quantitative estimate of drug-likeness (QED) is 0.404. The molecular formula is C9H13N3O4. The number of primary amides is 1. The Morgan fingerprint density at radius 2 is 2.12 bits per heavy atom. The Morgan fingerprint density at radius 3 is 2.62 bits per heavy atom. The maximum atomic E-state index is 10.7. The highest BCUT2D eigenvalue weighted by molar-refractivity contribution is 5.79. The number of aromatic nitrogens is 1. The zero-order chi connectivity index (χ0) is 12.3. The second kappa shape index (κ2) is 4.88. The number of aliphatic hydroxyl groups excluding tert-OH is 3. The topological polar surface area (TPSA) is 143 Å². The summed E-state index contributed by atoms with van der Waals surface area (Å²) in [4.78, 5) is 14.4. The van der Waals surface area contributed by atoms with E-state index in [1.165, 1.54) is 12.3 Å². The number of nitrogens with two attached hydrogens (primary N) is 2. The zero-order valence-corrected chi connectivity index (χ0v) is 8.37. The predicted molar refractivity (Wildman–Crippen MR) is 54.7 cm³/mol. The molecule has 0 aliphatic heterocycles. The van der Waals surface area contributed by atoms with E-state index in [9.17, 15) is 15.0 Å². The van der Waals surface area contributed by atoms with Gasteiger partial charge in [0.1, 0.15) is 11.9 Å². The number of nitrogen functional groups attached to an aromatic ring is 1. The highest BCUT2D eigenvalue weighted by atomic mass is 16.3. The smallest absolute Gasteiger partial charge is 0.249 e. The van der Waals surface area contributed by atoms with Crippen molar-refractivity contribution in [1.82, 2.24) is 4.98 Å². The van der Waals surface area contributed by atoms with E-state index in [-0.39, 0.29) is 18.0 Å². The molecule has 0 aliphatic carbocycles. The van der Waals surface area contributed by atoms with Crippen LogP contribution in [0.25, 0.3) is 0 Å². The van der Waals surface area contributed by atoms with Crippen LogP contribution >= 0.6 is 0 Å². The third kappa shape index (κ3) is 2.45. The molecule has 88 valence electrons. The molecule has 0 aromatic carbocycles. The van der Waals surface area contributed by atoms with Crippen molar-refractivity contribution in [2.75, 3.05) is 5.73 Å². The first-order valence-corrected chi connectivity index (χ1v) is 4.48. The van der Waals surface area contributed by atoms with E-state index in [1.807, 2.05) is 0 Å². The van der Waals surface area contributed by atoms with Gasteiger partial charge in [-0.3, -0.25) is 4.79 Å². The number of hydrogen-bond donors (Lipinski definition) is 5. The highest BCUT2D eigenvalue weighted by Gasteiger charge is 2.24. The van der Waals surface area contributed by atoms with Crippen LogP contribution in [0, 0.1) is 0 Å². The van der Waals surface area contributed by atoms with Crippen molar-refractivity contribution in [2.45, 2.75) is 18.8 Å². The van der Waals surface area contributed by atoms with Crippen LogP contribution in [-0.4, -0.2) is 32.3 Å². The summed E-state index contributed by atoms with van der Waals surface area (Å²) in [6.07, 6.45) is -2.02. The van der Waals surface area contributed by atoms with E-state index in [0.29, 0.717) is 5.56 Å². The van der Waals surface area contributed by atoms with Crippen molar-refractivity contribution in [3.05, 3.63) is 23.4 Å². The molecule has 0 bridgehead atoms. The molecule has 0 aliphatic rings. The molecule has 1 aromatic heterocycles. The number of carbonyl (C=O) groups excluding carboxylic acids is 1. The van der Waals surface area contributed by atoms with Gasteiger partial charge in [-0.25, -0.2) is 4.98 Å². The molecular weight excluding hydrogens is 214 g/mol. The molecule has 0 spiro atoms. The van der Waals surface area contributed by atoms with Crippen molar-refractivity contribution >= 4 is 11.7 Å². The Kier molecular flexibility index (Phi) is 3.78. The lowest BCUT2D eigenvalue weighted by molar-refractivity contribution is -0.131. The maximum absolute atomic E-state index is 10.7. The summed E-state index contributed by atoms with van der Waals surface area (Å²) in [6, 6.07) is 1.35. The molecule has 7 N–H and O–H groups in total. The van der Waals surface area contributed by atoms with Gasteiger partial charge in [-0.15, -0.1) is 0 Å². The van der Waals surface area contributed by atoms with E-state index in [4.69, 9.17) is 16.6 Å². The third-order valence-electron chi connectivity index (χ3n) is 2.13. The van der Waals surface area contributed by atoms with Gasteiger partial charge in [-0.1, -0.05) is 0 Å². The van der Waals surface area contributed by atoms with Gasteiger partial charge < -0.3 is 26.8 Å². The molecule has 7 heteroatoms. The second-order valence-corrected chi connectivity index (χ2v) is 3.26. The highest BCUT2D eigenvalue weighted by Crippen LogP contribution is 2.19.